The lowest BCUT2D eigenvalue weighted by molar-refractivity contribution is -0.108. The molecule has 0 saturated carbocycles. The van der Waals surface area contributed by atoms with Gasteiger partial charge in [-0.3, -0.25) is 0 Å². The van der Waals surface area contributed by atoms with Crippen molar-refractivity contribution >= 4 is 22.2 Å². The second-order valence-electron chi connectivity index (χ2n) is 3.28. The van der Waals surface area contributed by atoms with Gasteiger partial charge in [-0.15, -0.1) is 0 Å². The van der Waals surface area contributed by atoms with Crippen molar-refractivity contribution in [2.24, 2.45) is 0 Å². The first-order valence-corrected chi connectivity index (χ1v) is 5.36. The maximum Gasteiger partial charge on any atom is 0.169 e. The van der Waals surface area contributed by atoms with E-state index in [0.717, 1.165) is 6.29 Å². The first kappa shape index (κ1) is 12.2. The molecular weight excluding hydrogens is 263 g/mol. The van der Waals surface area contributed by atoms with E-state index in [1.165, 1.54) is 7.11 Å². The first-order valence-electron chi connectivity index (χ1n) is 4.57. The maximum absolute atomic E-state index is 13.8. The lowest BCUT2D eigenvalue weighted by Gasteiger charge is -2.14. The van der Waals surface area contributed by atoms with Crippen molar-refractivity contribution in [3.63, 3.8) is 0 Å². The largest absolute Gasteiger partial charge is 0.494 e. The molecule has 1 aromatic carbocycles. The highest BCUT2D eigenvalue weighted by Gasteiger charge is 2.17. The summed E-state index contributed by atoms with van der Waals surface area (Å²) in [4.78, 5) is 10.4. The van der Waals surface area contributed by atoms with Gasteiger partial charge in [0, 0.05) is 16.5 Å². The summed E-state index contributed by atoms with van der Waals surface area (Å²) in [5, 5.41) is 0. The molecule has 15 heavy (non-hydrogen) atoms. The van der Waals surface area contributed by atoms with Gasteiger partial charge in [0.15, 0.2) is 11.6 Å². The van der Waals surface area contributed by atoms with Gasteiger partial charge in [-0.25, -0.2) is 4.39 Å². The third kappa shape index (κ3) is 2.56. The van der Waals surface area contributed by atoms with E-state index in [1.54, 1.807) is 19.1 Å². The van der Waals surface area contributed by atoms with E-state index in [-0.39, 0.29) is 11.7 Å². The molecule has 0 N–H and O–H groups in total. The van der Waals surface area contributed by atoms with Gasteiger partial charge in [-0.1, -0.05) is 22.9 Å². The Morgan fingerprint density at radius 2 is 2.27 bits per heavy atom. The van der Waals surface area contributed by atoms with Gasteiger partial charge >= 0.3 is 0 Å². The summed E-state index contributed by atoms with van der Waals surface area (Å²) < 4.78 is 19.4. The number of ether oxygens (including phenoxy) is 1. The van der Waals surface area contributed by atoms with Crippen molar-refractivity contribution in [3.05, 3.63) is 28.0 Å². The van der Waals surface area contributed by atoms with Crippen LogP contribution in [0.15, 0.2) is 16.6 Å². The molecule has 0 fully saturated rings. The monoisotopic (exact) mass is 274 g/mol. The van der Waals surface area contributed by atoms with Crippen LogP contribution in [0.3, 0.4) is 0 Å². The molecule has 0 bridgehead atoms. The van der Waals surface area contributed by atoms with Crippen LogP contribution in [-0.2, 0) is 4.79 Å². The highest BCUT2D eigenvalue weighted by Crippen LogP contribution is 2.33. The Bertz CT molecular complexity index is 366. The van der Waals surface area contributed by atoms with Gasteiger partial charge in [0.2, 0.25) is 0 Å². The summed E-state index contributed by atoms with van der Waals surface area (Å²) in [6.45, 7) is 1.80. The van der Waals surface area contributed by atoms with Crippen molar-refractivity contribution < 1.29 is 13.9 Å². The number of aldehydes is 1. The molecule has 1 atom stereocenters. The number of rotatable bonds is 4. The molecule has 0 heterocycles. The third-order valence-electron chi connectivity index (χ3n) is 2.25. The number of carbonyl (C=O) groups excluding carboxylic acids is 1. The second kappa shape index (κ2) is 5.26. The summed E-state index contributed by atoms with van der Waals surface area (Å²) in [6.07, 6.45) is 1.08. The smallest absolute Gasteiger partial charge is 0.169 e. The average molecular weight is 275 g/mol. The average Bonchev–Trinajstić information content (AvgIpc) is 2.18. The molecule has 1 unspecified atom stereocenters. The summed E-state index contributed by atoms with van der Waals surface area (Å²) in [5.41, 5.74) is 0.487. The summed E-state index contributed by atoms with van der Waals surface area (Å²) in [6, 6.07) is 3.27. The van der Waals surface area contributed by atoms with Crippen LogP contribution in [0.2, 0.25) is 0 Å². The quantitative estimate of drug-likeness (QED) is 0.788. The fraction of sp³-hybridized carbons (Fsp3) is 0.364. The van der Waals surface area contributed by atoms with Crippen molar-refractivity contribution in [1.29, 1.82) is 0 Å². The van der Waals surface area contributed by atoms with Crippen molar-refractivity contribution in [2.75, 3.05) is 7.11 Å². The third-order valence-corrected chi connectivity index (χ3v) is 2.95. The van der Waals surface area contributed by atoms with Crippen molar-refractivity contribution in [1.82, 2.24) is 0 Å². The van der Waals surface area contributed by atoms with Gasteiger partial charge in [-0.2, -0.15) is 0 Å². The Morgan fingerprint density at radius 1 is 1.60 bits per heavy atom. The van der Waals surface area contributed by atoms with Crippen LogP contribution in [0.25, 0.3) is 0 Å². The van der Waals surface area contributed by atoms with E-state index in [9.17, 15) is 9.18 Å². The van der Waals surface area contributed by atoms with E-state index in [2.05, 4.69) is 15.9 Å². The lowest BCUT2D eigenvalue weighted by atomic mass is 9.97. The number of carbonyl (C=O) groups is 1. The fourth-order valence-electron chi connectivity index (χ4n) is 1.42. The number of benzene rings is 1. The maximum atomic E-state index is 13.8. The molecule has 0 aliphatic carbocycles. The SMILES string of the molecule is COc1ccc(Br)c(C(C)CC=O)c1F. The summed E-state index contributed by atoms with van der Waals surface area (Å²) in [7, 11) is 1.42. The molecule has 0 radical (unpaired) electrons. The van der Waals surface area contributed by atoms with Gasteiger partial charge in [-0.05, 0) is 18.1 Å². The normalized spacial score (nSPS) is 12.3. The highest BCUT2D eigenvalue weighted by molar-refractivity contribution is 9.10. The predicted molar refractivity (Wildman–Crippen MR) is 59.7 cm³/mol. The highest BCUT2D eigenvalue weighted by atomic mass is 79.9. The van der Waals surface area contributed by atoms with Gasteiger partial charge < -0.3 is 9.53 Å². The molecule has 82 valence electrons. The molecule has 0 aliphatic rings. The van der Waals surface area contributed by atoms with E-state index in [4.69, 9.17) is 4.74 Å². The number of hydrogen-bond acceptors (Lipinski definition) is 2. The van der Waals surface area contributed by atoms with Crippen LogP contribution in [0.4, 0.5) is 4.39 Å². The molecule has 0 spiro atoms. The van der Waals surface area contributed by atoms with Crippen LogP contribution in [0.1, 0.15) is 24.8 Å². The van der Waals surface area contributed by atoms with Crippen LogP contribution in [0.5, 0.6) is 5.75 Å². The van der Waals surface area contributed by atoms with E-state index < -0.39 is 5.82 Å². The van der Waals surface area contributed by atoms with Gasteiger partial charge in [0.05, 0.1) is 7.11 Å². The zero-order chi connectivity index (χ0) is 11.4. The summed E-state index contributed by atoms with van der Waals surface area (Å²) in [5.74, 6) is -0.362. The molecule has 4 heteroatoms. The molecule has 0 aromatic heterocycles. The van der Waals surface area contributed by atoms with Crippen molar-refractivity contribution in [2.45, 2.75) is 19.3 Å². The van der Waals surface area contributed by atoms with Gasteiger partial charge in [0.1, 0.15) is 6.29 Å². The Kier molecular flexibility index (Phi) is 4.27. The van der Waals surface area contributed by atoms with Crippen molar-refractivity contribution in [3.8, 4) is 5.75 Å². The van der Waals surface area contributed by atoms with E-state index in [1.807, 2.05) is 0 Å². The molecule has 0 amide bonds. The van der Waals surface area contributed by atoms with Gasteiger partial charge in [0.25, 0.3) is 0 Å². The Hall–Kier alpha value is -0.900. The zero-order valence-corrected chi connectivity index (χ0v) is 10.2. The molecule has 0 aliphatic heterocycles. The number of methoxy groups -OCH3 is 1. The topological polar surface area (TPSA) is 26.3 Å². The Labute approximate surface area is 96.6 Å². The lowest BCUT2D eigenvalue weighted by Crippen LogP contribution is -2.01. The number of halogens is 2. The van der Waals surface area contributed by atoms with Crippen LogP contribution >= 0.6 is 15.9 Å². The second-order valence-corrected chi connectivity index (χ2v) is 4.14. The minimum Gasteiger partial charge on any atom is -0.494 e. The first-order chi connectivity index (χ1) is 7.11. The Balaban J connectivity index is 3.19. The Morgan fingerprint density at radius 3 is 2.80 bits per heavy atom. The molecular formula is C11H12BrFO2. The standard InChI is InChI=1S/C11H12BrFO2/c1-7(5-6-14)10-8(12)3-4-9(15-2)11(10)13/h3-4,6-7H,5H2,1-2H3. The predicted octanol–water partition coefficient (Wildman–Crippen LogP) is 3.29. The minimum absolute atomic E-state index is 0.160. The zero-order valence-electron chi connectivity index (χ0n) is 8.59. The van der Waals surface area contributed by atoms with Crippen LogP contribution in [-0.4, -0.2) is 13.4 Å². The van der Waals surface area contributed by atoms with E-state index in [0.29, 0.717) is 16.5 Å². The molecule has 1 aromatic rings. The van der Waals surface area contributed by atoms with Crippen LogP contribution < -0.4 is 4.74 Å². The summed E-state index contributed by atoms with van der Waals surface area (Å²) >= 11 is 3.27. The molecule has 0 saturated heterocycles. The number of hydrogen-bond donors (Lipinski definition) is 0. The van der Waals surface area contributed by atoms with E-state index >= 15 is 0 Å². The molecule has 1 rings (SSSR count). The minimum atomic E-state index is -0.402. The fourth-order valence-corrected chi connectivity index (χ4v) is 2.12. The molecule has 2 nitrogen and oxygen atoms in total. The van der Waals surface area contributed by atoms with Crippen LogP contribution in [0, 0.1) is 5.82 Å².